The number of halogens is 2. The summed E-state index contributed by atoms with van der Waals surface area (Å²) in [6, 6.07) is 5.22. The van der Waals surface area contributed by atoms with Crippen molar-refractivity contribution in [1.29, 1.82) is 0 Å². The van der Waals surface area contributed by atoms with Crippen molar-refractivity contribution in [3.8, 4) is 0 Å². The van der Waals surface area contributed by atoms with E-state index in [9.17, 15) is 8.78 Å². The number of pyridine rings is 1. The van der Waals surface area contributed by atoms with Crippen molar-refractivity contribution in [3.05, 3.63) is 46.4 Å². The lowest BCUT2D eigenvalue weighted by Crippen LogP contribution is -2.45. The van der Waals surface area contributed by atoms with Gasteiger partial charge in [0.15, 0.2) is 11.6 Å². The summed E-state index contributed by atoms with van der Waals surface area (Å²) in [5.74, 6) is -0.933. The molecule has 1 N–H and O–H groups in total. The molecule has 1 spiro atoms. The Hall–Kier alpha value is -2.20. The number of fused-ring (bicyclic) bond motifs is 2. The summed E-state index contributed by atoms with van der Waals surface area (Å²) in [5.41, 5.74) is 2.20. The van der Waals surface area contributed by atoms with E-state index < -0.39 is 11.6 Å². The number of hydrogen-bond donors (Lipinski definition) is 1. The predicted octanol–water partition coefficient (Wildman–Crippen LogP) is 5.51. The molecule has 6 rings (SSSR count). The molecular formula is C22H20F2N4OS2. The number of nitrogens with zero attached hydrogens (tertiary/aromatic N) is 3. The second kappa shape index (κ2) is 7.16. The lowest BCUT2D eigenvalue weighted by molar-refractivity contribution is 0.111. The third kappa shape index (κ3) is 2.91. The first-order chi connectivity index (χ1) is 15.1. The molecule has 3 aromatic heterocycles. The molecule has 2 atom stereocenters. The highest BCUT2D eigenvalue weighted by Crippen LogP contribution is 2.49. The molecule has 9 heteroatoms. The Bertz CT molecular complexity index is 1300. The summed E-state index contributed by atoms with van der Waals surface area (Å²) in [6.07, 6.45) is 3.77. The van der Waals surface area contributed by atoms with Crippen LogP contribution in [-0.4, -0.2) is 47.2 Å². The molecule has 2 saturated heterocycles. The maximum atomic E-state index is 15.0. The molecule has 4 aromatic rings. The number of likely N-dealkylation sites (N-methyl/N-ethyl adjacent to an activating group) is 1. The second-order valence-electron chi connectivity index (χ2n) is 8.27. The molecule has 0 aliphatic carbocycles. The molecular weight excluding hydrogens is 438 g/mol. The lowest BCUT2D eigenvalue weighted by atomic mass is 9.83. The zero-order valence-corrected chi connectivity index (χ0v) is 18.5. The van der Waals surface area contributed by atoms with E-state index in [0.29, 0.717) is 16.3 Å². The molecule has 5 nitrogen and oxygen atoms in total. The number of benzene rings is 1. The highest BCUT2D eigenvalue weighted by molar-refractivity contribution is 7.18. The SMILES string of the molecule is CN1CC[C@H](c2cc3c(Nc4c(F)cc5scnc5c4F)ccnc3s2)[C@]12CCOC2. The van der Waals surface area contributed by atoms with Gasteiger partial charge in [0.25, 0.3) is 0 Å². The van der Waals surface area contributed by atoms with Crippen LogP contribution in [0.4, 0.5) is 20.2 Å². The Morgan fingerprint density at radius 3 is 3.03 bits per heavy atom. The zero-order chi connectivity index (χ0) is 21.2. The van der Waals surface area contributed by atoms with Crippen LogP contribution in [0.15, 0.2) is 29.9 Å². The van der Waals surface area contributed by atoms with Crippen molar-refractivity contribution in [1.82, 2.24) is 14.9 Å². The van der Waals surface area contributed by atoms with Gasteiger partial charge in [-0.25, -0.2) is 18.7 Å². The van der Waals surface area contributed by atoms with Crippen LogP contribution in [0.5, 0.6) is 0 Å². The summed E-state index contributed by atoms with van der Waals surface area (Å²) in [6.45, 7) is 2.56. The quantitative estimate of drug-likeness (QED) is 0.439. The van der Waals surface area contributed by atoms with Crippen LogP contribution in [0.2, 0.25) is 0 Å². The van der Waals surface area contributed by atoms with E-state index in [1.165, 1.54) is 27.8 Å². The summed E-state index contributed by atoms with van der Waals surface area (Å²) in [7, 11) is 2.17. The fraction of sp³-hybridized carbons (Fsp3) is 0.364. The van der Waals surface area contributed by atoms with Crippen LogP contribution in [0.25, 0.3) is 20.4 Å². The lowest BCUT2D eigenvalue weighted by Gasteiger charge is -2.35. The molecule has 1 aromatic carbocycles. The molecule has 2 fully saturated rings. The predicted molar refractivity (Wildman–Crippen MR) is 121 cm³/mol. The van der Waals surface area contributed by atoms with Crippen LogP contribution >= 0.6 is 22.7 Å². The first-order valence-electron chi connectivity index (χ1n) is 10.2. The Balaban J connectivity index is 1.42. The summed E-state index contributed by atoms with van der Waals surface area (Å²) in [4.78, 5) is 13.1. The smallest absolute Gasteiger partial charge is 0.176 e. The van der Waals surface area contributed by atoms with Gasteiger partial charge in [-0.05, 0) is 44.6 Å². The molecule has 0 saturated carbocycles. The van der Waals surface area contributed by atoms with E-state index in [0.717, 1.165) is 42.8 Å². The van der Waals surface area contributed by atoms with Crippen molar-refractivity contribution in [3.63, 3.8) is 0 Å². The fourth-order valence-electron chi connectivity index (χ4n) is 5.05. The molecule has 31 heavy (non-hydrogen) atoms. The number of likely N-dealkylation sites (tertiary alicyclic amines) is 1. The molecule has 0 bridgehead atoms. The Kier molecular flexibility index (Phi) is 4.50. The number of aromatic nitrogens is 2. The summed E-state index contributed by atoms with van der Waals surface area (Å²) >= 11 is 2.88. The van der Waals surface area contributed by atoms with Crippen LogP contribution in [0.1, 0.15) is 23.6 Å². The number of thiazole rings is 1. The second-order valence-corrected chi connectivity index (χ2v) is 10.2. The molecule has 2 aliphatic rings. The van der Waals surface area contributed by atoms with Gasteiger partial charge in [-0.2, -0.15) is 0 Å². The molecule has 0 unspecified atom stereocenters. The van der Waals surface area contributed by atoms with E-state index in [4.69, 9.17) is 4.74 Å². The van der Waals surface area contributed by atoms with Gasteiger partial charge in [0.2, 0.25) is 0 Å². The zero-order valence-electron chi connectivity index (χ0n) is 16.8. The monoisotopic (exact) mass is 458 g/mol. The van der Waals surface area contributed by atoms with Crippen molar-refractivity contribution in [2.45, 2.75) is 24.3 Å². The van der Waals surface area contributed by atoms with Gasteiger partial charge in [0.05, 0.1) is 28.0 Å². The maximum Gasteiger partial charge on any atom is 0.176 e. The average Bonchev–Trinajstić information content (AvgIpc) is 3.53. The van der Waals surface area contributed by atoms with E-state index in [1.54, 1.807) is 23.6 Å². The Morgan fingerprint density at radius 1 is 1.29 bits per heavy atom. The highest BCUT2D eigenvalue weighted by atomic mass is 32.1. The minimum absolute atomic E-state index is 0.0301. The van der Waals surface area contributed by atoms with Gasteiger partial charge in [-0.1, -0.05) is 0 Å². The number of rotatable bonds is 3. The third-order valence-electron chi connectivity index (χ3n) is 6.77. The van der Waals surface area contributed by atoms with Crippen molar-refractivity contribution in [2.75, 3.05) is 32.1 Å². The number of thiophene rings is 1. The van der Waals surface area contributed by atoms with Gasteiger partial charge in [-0.3, -0.25) is 4.90 Å². The summed E-state index contributed by atoms with van der Waals surface area (Å²) < 4.78 is 35.9. The van der Waals surface area contributed by atoms with E-state index in [-0.39, 0.29) is 16.7 Å². The van der Waals surface area contributed by atoms with E-state index in [1.807, 2.05) is 0 Å². The number of anilines is 2. The standard InChI is InChI=1S/C22H20F2N4OS2/c1-28-6-3-13(22(28)4-7-29-10-22)16-8-12-15(2-5-25-21(12)31-16)27-19-14(23)9-17-20(18(19)24)26-11-30-17/h2,5,8-9,11,13H,3-4,6-7,10H2,1H3,(H,25,27)/t13-,22-/m1/s1. The number of ether oxygens (including phenoxy) is 1. The Morgan fingerprint density at radius 2 is 2.19 bits per heavy atom. The highest BCUT2D eigenvalue weighted by Gasteiger charge is 2.50. The minimum atomic E-state index is -0.670. The van der Waals surface area contributed by atoms with Crippen LogP contribution in [0.3, 0.4) is 0 Å². The molecule has 5 heterocycles. The molecule has 160 valence electrons. The van der Waals surface area contributed by atoms with Gasteiger partial charge < -0.3 is 10.1 Å². The van der Waals surface area contributed by atoms with Gasteiger partial charge >= 0.3 is 0 Å². The van der Waals surface area contributed by atoms with E-state index in [2.05, 4.69) is 33.3 Å². The van der Waals surface area contributed by atoms with Crippen LogP contribution in [-0.2, 0) is 4.74 Å². The maximum absolute atomic E-state index is 15.0. The van der Waals surface area contributed by atoms with Crippen LogP contribution < -0.4 is 5.32 Å². The van der Waals surface area contributed by atoms with Gasteiger partial charge in [0.1, 0.15) is 16.0 Å². The first-order valence-corrected chi connectivity index (χ1v) is 11.9. The molecule has 0 amide bonds. The molecule has 2 aliphatic heterocycles. The largest absolute Gasteiger partial charge is 0.379 e. The van der Waals surface area contributed by atoms with E-state index >= 15 is 0 Å². The summed E-state index contributed by atoms with van der Waals surface area (Å²) in [5, 5.41) is 3.86. The topological polar surface area (TPSA) is 50.3 Å². The Labute approximate surface area is 185 Å². The van der Waals surface area contributed by atoms with Gasteiger partial charge in [-0.15, -0.1) is 22.7 Å². The normalized spacial score (nSPS) is 24.2. The fourth-order valence-corrected chi connectivity index (χ4v) is 7.02. The molecule has 0 radical (unpaired) electrons. The van der Waals surface area contributed by atoms with Crippen LogP contribution in [0, 0.1) is 11.6 Å². The number of hydrogen-bond acceptors (Lipinski definition) is 7. The third-order valence-corrected chi connectivity index (χ3v) is 8.70. The average molecular weight is 459 g/mol. The van der Waals surface area contributed by atoms with Gasteiger partial charge in [0, 0.05) is 29.0 Å². The first kappa shape index (κ1) is 19.5. The number of nitrogens with one attached hydrogen (secondary N) is 1. The van der Waals surface area contributed by atoms with Crippen molar-refractivity contribution in [2.24, 2.45) is 0 Å². The van der Waals surface area contributed by atoms with Crippen molar-refractivity contribution < 1.29 is 13.5 Å². The van der Waals surface area contributed by atoms with Crippen molar-refractivity contribution >= 4 is 54.5 Å². The minimum Gasteiger partial charge on any atom is -0.379 e.